The van der Waals surface area contributed by atoms with Gasteiger partial charge in [0.15, 0.2) is 5.82 Å². The van der Waals surface area contributed by atoms with Crippen LogP contribution < -0.4 is 5.32 Å². The van der Waals surface area contributed by atoms with Crippen molar-refractivity contribution in [2.45, 2.75) is 25.7 Å². The Kier molecular flexibility index (Phi) is 4.78. The first-order valence-electron chi connectivity index (χ1n) is 7.17. The molecule has 1 aromatic heterocycles. The molecule has 112 valence electrons. The van der Waals surface area contributed by atoms with E-state index < -0.39 is 0 Å². The Morgan fingerprint density at radius 2 is 2.10 bits per heavy atom. The monoisotopic (exact) mass is 325 g/mol. The van der Waals surface area contributed by atoms with Crippen LogP contribution in [0.4, 0.5) is 0 Å². The molecule has 0 spiro atoms. The van der Waals surface area contributed by atoms with Gasteiger partial charge < -0.3 is 9.84 Å². The van der Waals surface area contributed by atoms with E-state index in [0.717, 1.165) is 37.4 Å². The number of rotatable bonds is 5. The molecule has 0 amide bonds. The first kappa shape index (κ1) is 14.8. The maximum Gasteiger partial charge on any atom is 0.226 e. The van der Waals surface area contributed by atoms with Gasteiger partial charge in [-0.05, 0) is 49.5 Å². The number of nitrogens with zero attached hydrogens (tertiary/aromatic N) is 2. The quantitative estimate of drug-likeness (QED) is 0.913. The molecule has 1 aliphatic heterocycles. The first-order valence-corrected chi connectivity index (χ1v) is 7.93. The Bertz CT molecular complexity index is 588. The van der Waals surface area contributed by atoms with Crippen LogP contribution in [0.1, 0.15) is 30.1 Å². The molecule has 1 aliphatic rings. The zero-order valence-corrected chi connectivity index (χ0v) is 13.1. The fraction of sp³-hybridized carbons (Fsp3) is 0.467. The highest BCUT2D eigenvalue weighted by Crippen LogP contribution is 2.26. The van der Waals surface area contributed by atoms with E-state index in [0.29, 0.717) is 28.2 Å². The predicted octanol–water partition coefficient (Wildman–Crippen LogP) is 3.51. The Labute approximate surface area is 133 Å². The zero-order chi connectivity index (χ0) is 14.7. The Morgan fingerprint density at radius 1 is 1.29 bits per heavy atom. The van der Waals surface area contributed by atoms with Crippen LogP contribution in [0.5, 0.6) is 0 Å². The van der Waals surface area contributed by atoms with Crippen LogP contribution in [-0.4, -0.2) is 23.2 Å². The lowest BCUT2D eigenvalue weighted by Crippen LogP contribution is -2.09. The standard InChI is InChI=1S/C15H17Cl2N3O/c16-12-2-1-3-13(17)11(12)8-14-19-15(21-20-14)5-4-10-6-7-18-9-10/h1-3,10,18H,4-9H2. The molecular weight excluding hydrogens is 309 g/mol. The molecule has 0 bridgehead atoms. The van der Waals surface area contributed by atoms with E-state index in [1.165, 1.54) is 6.42 Å². The average Bonchev–Trinajstić information content (AvgIpc) is 3.12. The summed E-state index contributed by atoms with van der Waals surface area (Å²) in [6, 6.07) is 5.46. The third kappa shape index (κ3) is 3.76. The van der Waals surface area contributed by atoms with Gasteiger partial charge >= 0.3 is 0 Å². The van der Waals surface area contributed by atoms with Gasteiger partial charge in [0.2, 0.25) is 5.89 Å². The van der Waals surface area contributed by atoms with Crippen molar-refractivity contribution in [3.63, 3.8) is 0 Å². The van der Waals surface area contributed by atoms with Gasteiger partial charge in [-0.25, -0.2) is 0 Å². The normalized spacial score (nSPS) is 18.3. The van der Waals surface area contributed by atoms with E-state index in [4.69, 9.17) is 27.7 Å². The van der Waals surface area contributed by atoms with Crippen molar-refractivity contribution < 1.29 is 4.52 Å². The fourth-order valence-electron chi connectivity index (χ4n) is 2.61. The third-order valence-electron chi connectivity index (χ3n) is 3.84. The number of hydrogen-bond donors (Lipinski definition) is 1. The van der Waals surface area contributed by atoms with Crippen LogP contribution in [0, 0.1) is 5.92 Å². The summed E-state index contributed by atoms with van der Waals surface area (Å²) in [5, 5.41) is 8.64. The van der Waals surface area contributed by atoms with Crippen molar-refractivity contribution in [2.24, 2.45) is 5.92 Å². The summed E-state index contributed by atoms with van der Waals surface area (Å²) in [6.45, 7) is 2.21. The van der Waals surface area contributed by atoms with Crippen LogP contribution in [0.25, 0.3) is 0 Å². The molecule has 0 radical (unpaired) electrons. The summed E-state index contributed by atoms with van der Waals surface area (Å²) in [6.07, 6.45) is 3.64. The van der Waals surface area contributed by atoms with E-state index in [-0.39, 0.29) is 0 Å². The smallest absolute Gasteiger partial charge is 0.226 e. The summed E-state index contributed by atoms with van der Waals surface area (Å²) in [5.74, 6) is 2.04. The number of nitrogens with one attached hydrogen (secondary N) is 1. The summed E-state index contributed by atoms with van der Waals surface area (Å²) in [5.41, 5.74) is 0.841. The van der Waals surface area contributed by atoms with E-state index in [2.05, 4.69) is 15.5 Å². The fourth-order valence-corrected chi connectivity index (χ4v) is 3.14. The van der Waals surface area contributed by atoms with Crippen molar-refractivity contribution in [2.75, 3.05) is 13.1 Å². The minimum Gasteiger partial charge on any atom is -0.339 e. The minimum atomic E-state index is 0.493. The Balaban J connectivity index is 1.62. The second-order valence-electron chi connectivity index (χ2n) is 5.38. The highest BCUT2D eigenvalue weighted by Gasteiger charge is 2.16. The highest BCUT2D eigenvalue weighted by molar-refractivity contribution is 6.36. The third-order valence-corrected chi connectivity index (χ3v) is 4.54. The molecule has 2 aromatic rings. The number of hydrogen-bond acceptors (Lipinski definition) is 4. The first-order chi connectivity index (χ1) is 10.2. The van der Waals surface area contributed by atoms with Crippen molar-refractivity contribution in [1.82, 2.24) is 15.5 Å². The maximum absolute atomic E-state index is 6.16. The van der Waals surface area contributed by atoms with Gasteiger partial charge in [0, 0.05) is 22.9 Å². The van der Waals surface area contributed by atoms with Crippen molar-refractivity contribution in [1.29, 1.82) is 0 Å². The number of benzene rings is 1. The van der Waals surface area contributed by atoms with Crippen LogP contribution in [-0.2, 0) is 12.8 Å². The number of aromatic nitrogens is 2. The molecule has 1 atom stereocenters. The zero-order valence-electron chi connectivity index (χ0n) is 11.6. The molecule has 0 aliphatic carbocycles. The lowest BCUT2D eigenvalue weighted by atomic mass is 10.0. The molecule has 3 rings (SSSR count). The molecule has 1 unspecified atom stereocenters. The topological polar surface area (TPSA) is 51.0 Å². The van der Waals surface area contributed by atoms with Gasteiger partial charge in [-0.15, -0.1) is 0 Å². The average molecular weight is 326 g/mol. The minimum absolute atomic E-state index is 0.493. The lowest BCUT2D eigenvalue weighted by Gasteiger charge is -2.04. The van der Waals surface area contributed by atoms with E-state index in [9.17, 15) is 0 Å². The maximum atomic E-state index is 6.16. The van der Waals surface area contributed by atoms with Gasteiger partial charge in [-0.2, -0.15) is 4.98 Å². The summed E-state index contributed by atoms with van der Waals surface area (Å²) in [7, 11) is 0. The van der Waals surface area contributed by atoms with Gasteiger partial charge in [0.1, 0.15) is 0 Å². The highest BCUT2D eigenvalue weighted by atomic mass is 35.5. The largest absolute Gasteiger partial charge is 0.339 e. The molecule has 1 aromatic carbocycles. The second kappa shape index (κ2) is 6.77. The van der Waals surface area contributed by atoms with Crippen LogP contribution in [0.15, 0.2) is 22.7 Å². The van der Waals surface area contributed by atoms with Crippen molar-refractivity contribution in [3.05, 3.63) is 45.5 Å². The number of aryl methyl sites for hydroxylation is 1. The van der Waals surface area contributed by atoms with Crippen LogP contribution in [0.3, 0.4) is 0 Å². The predicted molar refractivity (Wildman–Crippen MR) is 82.9 cm³/mol. The van der Waals surface area contributed by atoms with E-state index in [1.807, 2.05) is 18.2 Å². The van der Waals surface area contributed by atoms with E-state index in [1.54, 1.807) is 0 Å². The van der Waals surface area contributed by atoms with Gasteiger partial charge in [0.25, 0.3) is 0 Å². The van der Waals surface area contributed by atoms with Crippen molar-refractivity contribution >= 4 is 23.2 Å². The van der Waals surface area contributed by atoms with Crippen LogP contribution in [0.2, 0.25) is 10.0 Å². The second-order valence-corrected chi connectivity index (χ2v) is 6.19. The van der Waals surface area contributed by atoms with Crippen LogP contribution >= 0.6 is 23.2 Å². The molecule has 4 nitrogen and oxygen atoms in total. The van der Waals surface area contributed by atoms with E-state index >= 15 is 0 Å². The summed E-state index contributed by atoms with van der Waals surface area (Å²) < 4.78 is 5.31. The Hall–Kier alpha value is -1.10. The molecular formula is C15H17Cl2N3O. The molecule has 0 saturated carbocycles. The Morgan fingerprint density at radius 3 is 2.81 bits per heavy atom. The molecule has 1 N–H and O–H groups in total. The van der Waals surface area contributed by atoms with Gasteiger partial charge in [-0.3, -0.25) is 0 Å². The SMILES string of the molecule is Clc1cccc(Cl)c1Cc1noc(CCC2CCNC2)n1. The molecule has 1 fully saturated rings. The lowest BCUT2D eigenvalue weighted by molar-refractivity contribution is 0.361. The summed E-state index contributed by atoms with van der Waals surface area (Å²) in [4.78, 5) is 4.43. The van der Waals surface area contributed by atoms with Gasteiger partial charge in [0.05, 0.1) is 0 Å². The van der Waals surface area contributed by atoms with Crippen molar-refractivity contribution in [3.8, 4) is 0 Å². The number of halogens is 2. The summed E-state index contributed by atoms with van der Waals surface area (Å²) >= 11 is 12.3. The molecule has 2 heterocycles. The molecule has 21 heavy (non-hydrogen) atoms. The molecule has 6 heteroatoms. The molecule has 1 saturated heterocycles. The van der Waals surface area contributed by atoms with Gasteiger partial charge in [-0.1, -0.05) is 34.4 Å².